The first-order valence-corrected chi connectivity index (χ1v) is 9.98. The number of benzene rings is 1. The first kappa shape index (κ1) is 19.1. The van der Waals surface area contributed by atoms with Gasteiger partial charge in [0.2, 0.25) is 5.91 Å². The van der Waals surface area contributed by atoms with Crippen molar-refractivity contribution in [3.8, 4) is 11.6 Å². The van der Waals surface area contributed by atoms with Crippen LogP contribution in [0.15, 0.2) is 45.8 Å². The van der Waals surface area contributed by atoms with Gasteiger partial charge in [-0.1, -0.05) is 16.7 Å². The van der Waals surface area contributed by atoms with Gasteiger partial charge in [0.1, 0.15) is 5.69 Å². The van der Waals surface area contributed by atoms with Crippen LogP contribution in [-0.2, 0) is 21.7 Å². The van der Waals surface area contributed by atoms with Gasteiger partial charge < -0.3 is 4.42 Å². The molecule has 0 atom stereocenters. The van der Waals surface area contributed by atoms with E-state index < -0.39 is 15.7 Å². The molecule has 0 aliphatic heterocycles. The van der Waals surface area contributed by atoms with Crippen molar-refractivity contribution in [2.45, 2.75) is 17.7 Å². The lowest BCUT2D eigenvalue weighted by molar-refractivity contribution is -0.116. The average molecular weight is 410 g/mol. The van der Waals surface area contributed by atoms with Gasteiger partial charge in [0.05, 0.1) is 10.6 Å². The summed E-state index contributed by atoms with van der Waals surface area (Å²) in [6.45, 7) is 0. The summed E-state index contributed by atoms with van der Waals surface area (Å²) >= 11 is 5.75. The molecule has 0 bridgehead atoms. The van der Waals surface area contributed by atoms with Crippen molar-refractivity contribution in [1.82, 2.24) is 20.0 Å². The van der Waals surface area contributed by atoms with Crippen LogP contribution in [0.25, 0.3) is 11.6 Å². The summed E-state index contributed by atoms with van der Waals surface area (Å²) in [6, 6.07) is 7.53. The SMILES string of the molecule is Cn1ccc(-c2nnc(NC(=O)CCCS(=O)(=O)c3ccc(Cl)cc3)o2)n1. The Morgan fingerprint density at radius 2 is 1.96 bits per heavy atom. The molecule has 0 aliphatic rings. The number of hydrogen-bond donors (Lipinski definition) is 1. The molecule has 2 aromatic heterocycles. The second-order valence-electron chi connectivity index (χ2n) is 5.71. The van der Waals surface area contributed by atoms with Crippen molar-refractivity contribution in [1.29, 1.82) is 0 Å². The number of aromatic nitrogens is 4. The van der Waals surface area contributed by atoms with Gasteiger partial charge in [-0.05, 0) is 36.8 Å². The normalized spacial score (nSPS) is 11.5. The van der Waals surface area contributed by atoms with Gasteiger partial charge >= 0.3 is 6.01 Å². The molecular formula is C16H16ClN5O4S. The number of sulfone groups is 1. The van der Waals surface area contributed by atoms with E-state index in [4.69, 9.17) is 16.0 Å². The number of nitrogens with zero attached hydrogens (tertiary/aromatic N) is 4. The number of amides is 1. The number of nitrogens with one attached hydrogen (secondary N) is 1. The lowest BCUT2D eigenvalue weighted by Crippen LogP contribution is -2.14. The van der Waals surface area contributed by atoms with Crippen molar-refractivity contribution in [2.24, 2.45) is 7.05 Å². The Bertz CT molecular complexity index is 1040. The molecule has 0 unspecified atom stereocenters. The smallest absolute Gasteiger partial charge is 0.322 e. The highest BCUT2D eigenvalue weighted by Gasteiger charge is 2.16. The summed E-state index contributed by atoms with van der Waals surface area (Å²) in [5.74, 6) is -0.404. The molecule has 3 aromatic rings. The van der Waals surface area contributed by atoms with Crippen LogP contribution in [0.3, 0.4) is 0 Å². The zero-order valence-electron chi connectivity index (χ0n) is 14.3. The molecule has 1 N–H and O–H groups in total. The minimum absolute atomic E-state index is 0.00583. The van der Waals surface area contributed by atoms with E-state index in [1.165, 1.54) is 24.3 Å². The maximum absolute atomic E-state index is 12.2. The molecule has 1 aromatic carbocycles. The minimum atomic E-state index is -3.48. The monoisotopic (exact) mass is 409 g/mol. The molecule has 0 fully saturated rings. The van der Waals surface area contributed by atoms with Crippen LogP contribution in [-0.4, -0.2) is 40.1 Å². The Balaban J connectivity index is 1.51. The van der Waals surface area contributed by atoms with Gasteiger partial charge in [0.15, 0.2) is 9.84 Å². The Hall–Kier alpha value is -2.72. The summed E-state index contributed by atoms with van der Waals surface area (Å²) in [6.07, 6.45) is 1.87. The molecule has 0 saturated heterocycles. The van der Waals surface area contributed by atoms with E-state index in [-0.39, 0.29) is 35.4 Å². The number of hydrogen-bond acceptors (Lipinski definition) is 7. The fourth-order valence-electron chi connectivity index (χ4n) is 2.27. The number of carbonyl (C=O) groups is 1. The van der Waals surface area contributed by atoms with Crippen LogP contribution >= 0.6 is 11.6 Å². The predicted molar refractivity (Wildman–Crippen MR) is 97.9 cm³/mol. The third kappa shape index (κ3) is 4.92. The Labute approximate surface area is 160 Å². The minimum Gasteiger partial charge on any atom is -0.401 e. The van der Waals surface area contributed by atoms with Gasteiger partial charge in [-0.3, -0.25) is 14.8 Å². The van der Waals surface area contributed by atoms with Crippen LogP contribution in [0.2, 0.25) is 5.02 Å². The predicted octanol–water partition coefficient (Wildman–Crippen LogP) is 2.32. The van der Waals surface area contributed by atoms with Crippen LogP contribution in [0.5, 0.6) is 0 Å². The number of carbonyl (C=O) groups excluding carboxylic acids is 1. The molecule has 9 nitrogen and oxygen atoms in total. The molecule has 0 radical (unpaired) electrons. The first-order chi connectivity index (χ1) is 12.8. The van der Waals surface area contributed by atoms with Crippen LogP contribution in [0, 0.1) is 0 Å². The third-order valence-electron chi connectivity index (χ3n) is 3.59. The van der Waals surface area contributed by atoms with Crippen molar-refractivity contribution >= 4 is 33.4 Å². The van der Waals surface area contributed by atoms with Crippen molar-refractivity contribution in [3.05, 3.63) is 41.6 Å². The van der Waals surface area contributed by atoms with Gasteiger partial charge in [-0.25, -0.2) is 8.42 Å². The summed E-state index contributed by atoms with van der Waals surface area (Å²) in [5, 5.41) is 14.6. The number of rotatable bonds is 7. The molecule has 1 amide bonds. The number of halogens is 1. The van der Waals surface area contributed by atoms with E-state index in [0.29, 0.717) is 10.7 Å². The molecule has 0 saturated carbocycles. The van der Waals surface area contributed by atoms with Gasteiger partial charge in [0, 0.05) is 24.7 Å². The third-order valence-corrected chi connectivity index (χ3v) is 5.66. The Morgan fingerprint density at radius 1 is 1.22 bits per heavy atom. The molecule has 0 aliphatic carbocycles. The van der Waals surface area contributed by atoms with Gasteiger partial charge in [0.25, 0.3) is 5.89 Å². The first-order valence-electron chi connectivity index (χ1n) is 7.95. The molecule has 2 heterocycles. The fraction of sp³-hybridized carbons (Fsp3) is 0.250. The van der Waals surface area contributed by atoms with Crippen LogP contribution in [0.1, 0.15) is 12.8 Å². The lowest BCUT2D eigenvalue weighted by atomic mass is 10.3. The molecule has 0 spiro atoms. The lowest BCUT2D eigenvalue weighted by Gasteiger charge is -2.04. The standard InChI is InChI=1S/C16H16ClN5O4S/c1-22-9-8-13(21-22)15-19-20-16(26-15)18-14(23)3-2-10-27(24,25)12-6-4-11(17)5-7-12/h4-9H,2-3,10H2,1H3,(H,18,20,23). The van der Waals surface area contributed by atoms with E-state index in [1.54, 1.807) is 24.0 Å². The van der Waals surface area contributed by atoms with E-state index >= 15 is 0 Å². The van der Waals surface area contributed by atoms with Crippen LogP contribution < -0.4 is 5.32 Å². The van der Waals surface area contributed by atoms with Crippen molar-refractivity contribution in [3.63, 3.8) is 0 Å². The second-order valence-corrected chi connectivity index (χ2v) is 8.26. The number of aryl methyl sites for hydroxylation is 1. The fourth-order valence-corrected chi connectivity index (χ4v) is 3.71. The highest BCUT2D eigenvalue weighted by Crippen LogP contribution is 2.18. The van der Waals surface area contributed by atoms with Crippen molar-refractivity contribution < 1.29 is 17.6 Å². The van der Waals surface area contributed by atoms with E-state index in [9.17, 15) is 13.2 Å². The van der Waals surface area contributed by atoms with E-state index in [0.717, 1.165) is 0 Å². The summed E-state index contributed by atoms with van der Waals surface area (Å²) in [4.78, 5) is 12.1. The molecule has 11 heteroatoms. The summed E-state index contributed by atoms with van der Waals surface area (Å²) < 4.78 is 31.3. The van der Waals surface area contributed by atoms with Gasteiger partial charge in [-0.15, -0.1) is 5.10 Å². The summed E-state index contributed by atoms with van der Waals surface area (Å²) in [5.41, 5.74) is 0.486. The molecular weight excluding hydrogens is 394 g/mol. The zero-order valence-corrected chi connectivity index (χ0v) is 15.9. The van der Waals surface area contributed by atoms with Gasteiger partial charge in [-0.2, -0.15) is 5.10 Å². The number of anilines is 1. The highest BCUT2D eigenvalue weighted by molar-refractivity contribution is 7.91. The second kappa shape index (κ2) is 7.89. The zero-order chi connectivity index (χ0) is 19.4. The van der Waals surface area contributed by atoms with Crippen molar-refractivity contribution in [2.75, 3.05) is 11.1 Å². The Kier molecular flexibility index (Phi) is 5.57. The average Bonchev–Trinajstić information content (AvgIpc) is 3.24. The molecule has 27 heavy (non-hydrogen) atoms. The van der Waals surface area contributed by atoms with Crippen LogP contribution in [0.4, 0.5) is 6.01 Å². The topological polar surface area (TPSA) is 120 Å². The largest absolute Gasteiger partial charge is 0.401 e. The quantitative estimate of drug-likeness (QED) is 0.635. The Morgan fingerprint density at radius 3 is 2.63 bits per heavy atom. The van der Waals surface area contributed by atoms with E-state index in [2.05, 4.69) is 20.6 Å². The maximum Gasteiger partial charge on any atom is 0.322 e. The molecule has 142 valence electrons. The summed E-state index contributed by atoms with van der Waals surface area (Å²) in [7, 11) is -1.73. The maximum atomic E-state index is 12.2. The highest BCUT2D eigenvalue weighted by atomic mass is 35.5. The molecule has 3 rings (SSSR count). The van der Waals surface area contributed by atoms with E-state index in [1.807, 2.05) is 0 Å².